The Morgan fingerprint density at radius 3 is 2.50 bits per heavy atom. The predicted octanol–water partition coefficient (Wildman–Crippen LogP) is 6.05. The number of thioether (sulfide) groups is 1. The van der Waals surface area contributed by atoms with Gasteiger partial charge in [-0.05, 0) is 25.0 Å². The van der Waals surface area contributed by atoms with Crippen molar-refractivity contribution in [1.82, 2.24) is 0 Å². The minimum atomic E-state index is -4.25. The molecule has 2 aliphatic rings. The Bertz CT molecular complexity index is 679. The molecule has 0 spiro atoms. The highest BCUT2D eigenvalue weighted by molar-refractivity contribution is 7.99. The zero-order valence-corrected chi connectivity index (χ0v) is 14.9. The van der Waals surface area contributed by atoms with Gasteiger partial charge < -0.3 is 5.32 Å². The summed E-state index contributed by atoms with van der Waals surface area (Å²) in [6, 6.07) is 3.03. The summed E-state index contributed by atoms with van der Waals surface area (Å²) >= 11 is 12.9. The Kier molecular flexibility index (Phi) is 5.37. The molecule has 3 rings (SSSR count). The SMILES string of the molecule is FC(F)(F)CSc1cc(NC(=NCC2C=C2)C2CC2)c(Cl)cc1Cl. The monoisotopic (exact) mass is 394 g/mol. The molecule has 0 bridgehead atoms. The number of aliphatic imine (C=N–C) groups is 1. The third kappa shape index (κ3) is 5.33. The Balaban J connectivity index is 1.74. The second-order valence-corrected chi connectivity index (χ2v) is 7.67. The van der Waals surface area contributed by atoms with E-state index < -0.39 is 11.9 Å². The van der Waals surface area contributed by atoms with E-state index in [1.165, 1.54) is 6.07 Å². The summed E-state index contributed by atoms with van der Waals surface area (Å²) in [7, 11) is 0. The van der Waals surface area contributed by atoms with Crippen LogP contribution in [0.4, 0.5) is 18.9 Å². The summed E-state index contributed by atoms with van der Waals surface area (Å²) in [4.78, 5) is 4.93. The summed E-state index contributed by atoms with van der Waals surface area (Å²) in [6.07, 6.45) is 2.03. The first-order valence-electron chi connectivity index (χ1n) is 7.50. The number of anilines is 1. The number of halogens is 5. The number of benzene rings is 1. The Morgan fingerprint density at radius 2 is 1.92 bits per heavy atom. The van der Waals surface area contributed by atoms with E-state index in [2.05, 4.69) is 22.5 Å². The number of amidine groups is 1. The van der Waals surface area contributed by atoms with Crippen LogP contribution in [-0.4, -0.2) is 24.3 Å². The lowest BCUT2D eigenvalue weighted by atomic mass is 10.3. The van der Waals surface area contributed by atoms with E-state index in [0.717, 1.165) is 18.7 Å². The minimum absolute atomic E-state index is 0.215. The van der Waals surface area contributed by atoms with Crippen LogP contribution in [0.5, 0.6) is 0 Å². The smallest absolute Gasteiger partial charge is 0.343 e. The number of alkyl halides is 3. The maximum absolute atomic E-state index is 12.4. The molecule has 1 N–H and O–H groups in total. The van der Waals surface area contributed by atoms with Crippen LogP contribution >= 0.6 is 35.0 Å². The van der Waals surface area contributed by atoms with Gasteiger partial charge in [0.2, 0.25) is 0 Å². The van der Waals surface area contributed by atoms with Crippen LogP contribution in [0.25, 0.3) is 0 Å². The molecule has 1 aromatic rings. The van der Waals surface area contributed by atoms with Gasteiger partial charge in [0, 0.05) is 16.7 Å². The van der Waals surface area contributed by atoms with Gasteiger partial charge in [0.15, 0.2) is 0 Å². The topological polar surface area (TPSA) is 24.4 Å². The van der Waals surface area contributed by atoms with Crippen molar-refractivity contribution in [3.8, 4) is 0 Å². The number of nitrogens with zero attached hydrogens (tertiary/aromatic N) is 1. The fraction of sp³-hybridized carbons (Fsp3) is 0.438. The molecule has 0 aliphatic heterocycles. The summed E-state index contributed by atoms with van der Waals surface area (Å²) in [5.41, 5.74) is 0.542. The molecule has 1 aromatic carbocycles. The lowest BCUT2D eigenvalue weighted by Gasteiger charge is -2.14. The van der Waals surface area contributed by atoms with Gasteiger partial charge in [-0.1, -0.05) is 35.4 Å². The molecule has 0 saturated heterocycles. The fourth-order valence-corrected chi connectivity index (χ4v) is 3.38. The van der Waals surface area contributed by atoms with Crippen LogP contribution < -0.4 is 5.32 Å². The molecule has 1 fully saturated rings. The molecule has 24 heavy (non-hydrogen) atoms. The molecule has 0 amide bonds. The fourth-order valence-electron chi connectivity index (χ4n) is 2.06. The molecule has 0 radical (unpaired) electrons. The first-order valence-corrected chi connectivity index (χ1v) is 9.24. The van der Waals surface area contributed by atoms with Crippen LogP contribution in [0, 0.1) is 11.8 Å². The van der Waals surface area contributed by atoms with Gasteiger partial charge in [0.05, 0.1) is 28.0 Å². The van der Waals surface area contributed by atoms with Gasteiger partial charge >= 0.3 is 6.18 Å². The van der Waals surface area contributed by atoms with Crippen LogP contribution in [0.1, 0.15) is 12.8 Å². The highest BCUT2D eigenvalue weighted by Gasteiger charge is 2.30. The number of nitrogens with one attached hydrogen (secondary N) is 1. The summed E-state index contributed by atoms with van der Waals surface area (Å²) in [6.45, 7) is 0.694. The number of hydrogen-bond donors (Lipinski definition) is 1. The molecular formula is C16H15Cl2F3N2S. The van der Waals surface area contributed by atoms with Crippen molar-refractivity contribution in [2.24, 2.45) is 16.8 Å². The van der Waals surface area contributed by atoms with Crippen LogP contribution in [-0.2, 0) is 0 Å². The third-order valence-electron chi connectivity index (χ3n) is 3.58. The van der Waals surface area contributed by atoms with Crippen molar-refractivity contribution >= 4 is 46.5 Å². The second kappa shape index (κ2) is 7.18. The Hall–Kier alpha value is -0.850. The van der Waals surface area contributed by atoms with E-state index in [1.54, 1.807) is 6.07 Å². The normalized spacial score (nSPS) is 18.1. The maximum atomic E-state index is 12.4. The second-order valence-electron chi connectivity index (χ2n) is 5.84. The van der Waals surface area contributed by atoms with Gasteiger partial charge in [0.25, 0.3) is 0 Å². The molecule has 130 valence electrons. The quantitative estimate of drug-likeness (QED) is 0.274. The molecule has 2 nitrogen and oxygen atoms in total. The van der Waals surface area contributed by atoms with Crippen molar-refractivity contribution in [2.45, 2.75) is 23.9 Å². The van der Waals surface area contributed by atoms with E-state index in [1.807, 2.05) is 0 Å². The zero-order chi connectivity index (χ0) is 17.3. The number of rotatable bonds is 6. The van der Waals surface area contributed by atoms with E-state index >= 15 is 0 Å². The summed E-state index contributed by atoms with van der Waals surface area (Å²) in [5, 5.41) is 3.78. The average molecular weight is 395 g/mol. The lowest BCUT2D eigenvalue weighted by molar-refractivity contribution is -0.105. The van der Waals surface area contributed by atoms with Crippen LogP contribution in [0.15, 0.2) is 34.2 Å². The average Bonchev–Trinajstić information content (AvgIpc) is 3.35. The van der Waals surface area contributed by atoms with Crippen molar-refractivity contribution in [2.75, 3.05) is 17.6 Å². The Labute approximate surface area is 152 Å². The van der Waals surface area contributed by atoms with Crippen molar-refractivity contribution in [3.63, 3.8) is 0 Å². The van der Waals surface area contributed by atoms with Gasteiger partial charge in [-0.25, -0.2) is 0 Å². The molecule has 0 heterocycles. The van der Waals surface area contributed by atoms with Gasteiger partial charge in [0.1, 0.15) is 5.84 Å². The van der Waals surface area contributed by atoms with Gasteiger partial charge in [-0.15, -0.1) is 11.8 Å². The van der Waals surface area contributed by atoms with E-state index in [0.29, 0.717) is 45.7 Å². The molecule has 0 aromatic heterocycles. The first-order chi connectivity index (χ1) is 11.3. The minimum Gasteiger partial charge on any atom is -0.343 e. The molecule has 0 atom stereocenters. The van der Waals surface area contributed by atoms with E-state index in [4.69, 9.17) is 23.2 Å². The van der Waals surface area contributed by atoms with Gasteiger partial charge in [-0.3, -0.25) is 4.99 Å². The molecule has 1 saturated carbocycles. The summed E-state index contributed by atoms with van der Waals surface area (Å²) < 4.78 is 37.3. The molecule has 2 aliphatic carbocycles. The molecular weight excluding hydrogens is 380 g/mol. The Morgan fingerprint density at radius 1 is 1.21 bits per heavy atom. The van der Waals surface area contributed by atoms with Crippen molar-refractivity contribution in [1.29, 1.82) is 0 Å². The van der Waals surface area contributed by atoms with Crippen molar-refractivity contribution < 1.29 is 13.2 Å². The maximum Gasteiger partial charge on any atom is 0.398 e. The first kappa shape index (κ1) is 18.0. The van der Waals surface area contributed by atoms with Gasteiger partial charge in [-0.2, -0.15) is 13.2 Å². The third-order valence-corrected chi connectivity index (χ3v) is 5.43. The molecule has 0 unspecified atom stereocenters. The van der Waals surface area contributed by atoms with E-state index in [-0.39, 0.29) is 5.02 Å². The number of hydrogen-bond acceptors (Lipinski definition) is 2. The summed E-state index contributed by atoms with van der Waals surface area (Å²) in [5.74, 6) is 0.658. The van der Waals surface area contributed by atoms with Crippen LogP contribution in [0.2, 0.25) is 10.0 Å². The van der Waals surface area contributed by atoms with Crippen molar-refractivity contribution in [3.05, 3.63) is 34.3 Å². The molecule has 8 heteroatoms. The zero-order valence-electron chi connectivity index (χ0n) is 12.5. The van der Waals surface area contributed by atoms with Crippen LogP contribution in [0.3, 0.4) is 0 Å². The van der Waals surface area contributed by atoms with E-state index in [9.17, 15) is 13.2 Å². The predicted molar refractivity (Wildman–Crippen MR) is 94.5 cm³/mol. The lowest BCUT2D eigenvalue weighted by Crippen LogP contribution is -2.16. The standard InChI is InChI=1S/C16H15Cl2F3N2S/c17-11-5-12(18)14(24-8-16(19,20)21)6-13(11)23-15(10-3-4-10)22-7-9-1-2-9/h1-2,5-6,9-10H,3-4,7-8H2,(H,22,23). The largest absolute Gasteiger partial charge is 0.398 e. The highest BCUT2D eigenvalue weighted by Crippen LogP contribution is 2.39. The highest BCUT2D eigenvalue weighted by atomic mass is 35.5.